The van der Waals surface area contributed by atoms with Crippen LogP contribution in [0.5, 0.6) is 0 Å². The minimum atomic E-state index is -2.71. The van der Waals surface area contributed by atoms with E-state index in [4.69, 9.17) is 0 Å². The Hall–Kier alpha value is -3.09. The zero-order valence-corrected chi connectivity index (χ0v) is 16.6. The molecule has 1 aromatic heterocycles. The van der Waals surface area contributed by atoms with Crippen LogP contribution in [0.2, 0.25) is 0 Å². The third kappa shape index (κ3) is 4.72. The number of benzene rings is 2. The Bertz CT molecular complexity index is 1000. The first-order valence-corrected chi connectivity index (χ1v) is 10.2. The van der Waals surface area contributed by atoms with Crippen molar-refractivity contribution in [3.05, 3.63) is 66.0 Å². The number of aromatic nitrogens is 2. The summed E-state index contributed by atoms with van der Waals surface area (Å²) in [7, 11) is 0. The van der Waals surface area contributed by atoms with Gasteiger partial charge in [-0.1, -0.05) is 42.5 Å². The van der Waals surface area contributed by atoms with Gasteiger partial charge in [0.15, 0.2) is 5.82 Å². The summed E-state index contributed by atoms with van der Waals surface area (Å²) in [6.07, 6.45) is -0.0403. The van der Waals surface area contributed by atoms with Crippen molar-refractivity contribution in [2.24, 2.45) is 0 Å². The Kier molecular flexibility index (Phi) is 6.16. The molecule has 0 aliphatic carbocycles. The minimum Gasteiger partial charge on any atom is -0.356 e. The van der Waals surface area contributed by atoms with Crippen LogP contribution < -0.4 is 10.2 Å². The summed E-state index contributed by atoms with van der Waals surface area (Å²) >= 11 is 0. The highest BCUT2D eigenvalue weighted by atomic mass is 19.3. The Labute approximate surface area is 174 Å². The quantitative estimate of drug-likeness (QED) is 0.659. The minimum absolute atomic E-state index is 0.0461. The molecule has 0 unspecified atom stereocenters. The highest BCUT2D eigenvalue weighted by Gasteiger charge is 2.24. The van der Waals surface area contributed by atoms with E-state index >= 15 is 0 Å². The van der Waals surface area contributed by atoms with Gasteiger partial charge >= 0.3 is 0 Å². The number of hydrogen-bond acceptors (Lipinski definition) is 4. The lowest BCUT2D eigenvalue weighted by molar-refractivity contribution is -0.121. The lowest BCUT2D eigenvalue weighted by Gasteiger charge is -2.33. The lowest BCUT2D eigenvalue weighted by atomic mass is 10.0. The van der Waals surface area contributed by atoms with Crippen molar-refractivity contribution in [1.82, 2.24) is 15.3 Å². The second kappa shape index (κ2) is 9.15. The van der Waals surface area contributed by atoms with Gasteiger partial charge < -0.3 is 10.2 Å². The van der Waals surface area contributed by atoms with Gasteiger partial charge in [-0.3, -0.25) is 4.79 Å². The maximum Gasteiger partial charge on any atom is 0.297 e. The summed E-state index contributed by atoms with van der Waals surface area (Å²) in [6.45, 7) is 1.29. The van der Waals surface area contributed by atoms with E-state index in [1.165, 1.54) is 0 Å². The number of aryl methyl sites for hydroxylation is 1. The fourth-order valence-electron chi connectivity index (χ4n) is 3.85. The fraction of sp³-hybridized carbons (Fsp3) is 0.348. The zero-order chi connectivity index (χ0) is 20.9. The van der Waals surface area contributed by atoms with Crippen LogP contribution in [0, 0.1) is 0 Å². The molecule has 7 heteroatoms. The molecule has 1 saturated heterocycles. The van der Waals surface area contributed by atoms with Gasteiger partial charge in [-0.05, 0) is 37.0 Å². The number of anilines is 1. The number of piperidine rings is 1. The number of rotatable bonds is 6. The normalized spacial score (nSPS) is 15.0. The van der Waals surface area contributed by atoms with Crippen LogP contribution in [0.25, 0.3) is 10.9 Å². The average Bonchev–Trinajstić information content (AvgIpc) is 2.78. The lowest BCUT2D eigenvalue weighted by Crippen LogP contribution is -2.45. The first-order valence-electron chi connectivity index (χ1n) is 10.2. The standard InChI is InChI=1S/C23H24F2N4O/c24-21(25)22-27-19-9-5-4-8-18(19)23(28-22)29-14-12-17(13-15-29)26-20(30)11-10-16-6-2-1-3-7-16/h1-9,17,21H,10-15H2,(H,26,30). The molecule has 1 N–H and O–H groups in total. The summed E-state index contributed by atoms with van der Waals surface area (Å²) in [4.78, 5) is 22.5. The molecule has 4 rings (SSSR count). The van der Waals surface area contributed by atoms with Gasteiger partial charge in [0.2, 0.25) is 5.91 Å². The predicted molar refractivity (Wildman–Crippen MR) is 113 cm³/mol. The van der Waals surface area contributed by atoms with Crippen molar-refractivity contribution < 1.29 is 13.6 Å². The molecule has 1 aliphatic heterocycles. The number of fused-ring (bicyclic) bond motifs is 1. The second-order valence-electron chi connectivity index (χ2n) is 7.54. The molecule has 3 aromatic rings. The van der Waals surface area contributed by atoms with Gasteiger partial charge in [0.05, 0.1) is 5.52 Å². The topological polar surface area (TPSA) is 58.1 Å². The summed E-state index contributed by atoms with van der Waals surface area (Å²) in [5.41, 5.74) is 1.67. The van der Waals surface area contributed by atoms with E-state index in [0.29, 0.717) is 30.8 Å². The van der Waals surface area contributed by atoms with Crippen LogP contribution in [0.15, 0.2) is 54.6 Å². The van der Waals surface area contributed by atoms with Crippen molar-refractivity contribution in [1.29, 1.82) is 0 Å². The van der Waals surface area contributed by atoms with Crippen LogP contribution in [-0.4, -0.2) is 35.0 Å². The zero-order valence-electron chi connectivity index (χ0n) is 16.6. The monoisotopic (exact) mass is 410 g/mol. The van der Waals surface area contributed by atoms with Gasteiger partial charge in [-0.15, -0.1) is 0 Å². The summed E-state index contributed by atoms with van der Waals surface area (Å²) in [5, 5.41) is 3.88. The summed E-state index contributed by atoms with van der Waals surface area (Å²) in [6, 6.07) is 17.3. The maximum absolute atomic E-state index is 13.3. The molecule has 2 aromatic carbocycles. The molecule has 2 heterocycles. The van der Waals surface area contributed by atoms with Crippen LogP contribution in [0.1, 0.15) is 37.1 Å². The third-order valence-electron chi connectivity index (χ3n) is 5.44. The maximum atomic E-state index is 13.3. The molecule has 1 amide bonds. The highest BCUT2D eigenvalue weighted by molar-refractivity contribution is 5.89. The average molecular weight is 410 g/mol. The van der Waals surface area contributed by atoms with E-state index in [1.54, 1.807) is 12.1 Å². The predicted octanol–water partition coefficient (Wildman–Crippen LogP) is 4.29. The van der Waals surface area contributed by atoms with Crippen LogP contribution in [0.4, 0.5) is 14.6 Å². The molecule has 0 radical (unpaired) electrons. The first kappa shape index (κ1) is 20.2. The van der Waals surface area contributed by atoms with E-state index in [-0.39, 0.29) is 11.9 Å². The molecule has 0 saturated carbocycles. The smallest absolute Gasteiger partial charge is 0.297 e. The Morgan fingerprint density at radius 3 is 2.47 bits per heavy atom. The van der Waals surface area contributed by atoms with E-state index in [1.807, 2.05) is 47.4 Å². The molecule has 5 nitrogen and oxygen atoms in total. The molecule has 30 heavy (non-hydrogen) atoms. The molecular formula is C23H24F2N4O. The Morgan fingerprint density at radius 1 is 1.03 bits per heavy atom. The fourth-order valence-corrected chi connectivity index (χ4v) is 3.85. The van der Waals surface area contributed by atoms with Crippen molar-refractivity contribution in [3.8, 4) is 0 Å². The number of amides is 1. The molecule has 156 valence electrons. The number of carbonyl (C=O) groups is 1. The number of para-hydroxylation sites is 1. The van der Waals surface area contributed by atoms with Gasteiger partial charge in [-0.25, -0.2) is 18.7 Å². The summed E-state index contributed by atoms with van der Waals surface area (Å²) < 4.78 is 26.5. The molecule has 0 atom stereocenters. The highest BCUT2D eigenvalue weighted by Crippen LogP contribution is 2.29. The number of nitrogens with zero attached hydrogens (tertiary/aromatic N) is 3. The molecule has 1 aliphatic rings. The number of hydrogen-bond donors (Lipinski definition) is 1. The van der Waals surface area contributed by atoms with E-state index in [9.17, 15) is 13.6 Å². The van der Waals surface area contributed by atoms with E-state index in [0.717, 1.165) is 30.2 Å². The number of alkyl halides is 2. The van der Waals surface area contributed by atoms with Crippen molar-refractivity contribution in [2.75, 3.05) is 18.0 Å². The van der Waals surface area contributed by atoms with Gasteiger partial charge in [0.25, 0.3) is 6.43 Å². The first-order chi connectivity index (χ1) is 14.6. The largest absolute Gasteiger partial charge is 0.356 e. The van der Waals surface area contributed by atoms with Crippen molar-refractivity contribution in [3.63, 3.8) is 0 Å². The van der Waals surface area contributed by atoms with Crippen molar-refractivity contribution in [2.45, 2.75) is 38.2 Å². The summed E-state index contributed by atoms with van der Waals surface area (Å²) in [5.74, 6) is 0.148. The second-order valence-corrected chi connectivity index (χ2v) is 7.54. The SMILES string of the molecule is O=C(CCc1ccccc1)NC1CCN(c2nc(C(F)F)nc3ccccc23)CC1. The van der Waals surface area contributed by atoms with Gasteiger partial charge in [-0.2, -0.15) is 0 Å². The van der Waals surface area contributed by atoms with E-state index in [2.05, 4.69) is 15.3 Å². The molecule has 0 bridgehead atoms. The van der Waals surface area contributed by atoms with Crippen LogP contribution in [-0.2, 0) is 11.2 Å². The molecular weight excluding hydrogens is 386 g/mol. The number of halogens is 2. The van der Waals surface area contributed by atoms with Gasteiger partial charge in [0.1, 0.15) is 5.82 Å². The van der Waals surface area contributed by atoms with Crippen LogP contribution >= 0.6 is 0 Å². The van der Waals surface area contributed by atoms with Crippen LogP contribution in [0.3, 0.4) is 0 Å². The number of nitrogens with one attached hydrogen (secondary N) is 1. The third-order valence-corrected chi connectivity index (χ3v) is 5.44. The molecule has 1 fully saturated rings. The van der Waals surface area contributed by atoms with E-state index < -0.39 is 12.2 Å². The van der Waals surface area contributed by atoms with Gasteiger partial charge in [0, 0.05) is 30.9 Å². The number of carbonyl (C=O) groups excluding carboxylic acids is 1. The van der Waals surface area contributed by atoms with Crippen molar-refractivity contribution >= 4 is 22.6 Å². The molecule has 0 spiro atoms. The Balaban J connectivity index is 1.37. The Morgan fingerprint density at radius 2 is 1.73 bits per heavy atom.